The minimum absolute atomic E-state index is 0.866. The number of rotatable bonds is 5. The average Bonchev–Trinajstić information content (AvgIpc) is 4.00. The summed E-state index contributed by atoms with van der Waals surface area (Å²) in [6, 6.07) is 65.7. The Morgan fingerprint density at radius 1 is 0.436 bits per heavy atom. The molecule has 0 saturated heterocycles. The third-order valence-electron chi connectivity index (χ3n) is 11.0. The Balaban J connectivity index is 1.06. The van der Waals surface area contributed by atoms with Crippen LogP contribution in [0.25, 0.3) is 90.1 Å². The third kappa shape index (κ3) is 4.54. The summed E-state index contributed by atoms with van der Waals surface area (Å²) in [5.41, 5.74) is 9.65. The highest BCUT2D eigenvalue weighted by atomic mass is 32.1. The molecule has 0 amide bonds. The number of hydrogen-bond donors (Lipinski definition) is 0. The molecule has 0 spiro atoms. The predicted molar refractivity (Wildman–Crippen MR) is 236 cm³/mol. The van der Waals surface area contributed by atoms with Crippen molar-refractivity contribution < 1.29 is 4.42 Å². The van der Waals surface area contributed by atoms with Crippen LogP contribution in [0.15, 0.2) is 186 Å². The van der Waals surface area contributed by atoms with E-state index in [1.807, 2.05) is 22.7 Å². The molecule has 12 rings (SSSR count). The third-order valence-corrected chi connectivity index (χ3v) is 13.4. The largest absolute Gasteiger partial charge is 0.438 e. The monoisotopic (exact) mass is 738 g/mol. The van der Waals surface area contributed by atoms with Gasteiger partial charge >= 0.3 is 0 Å². The molecule has 0 bridgehead atoms. The van der Waals surface area contributed by atoms with Crippen molar-refractivity contribution in [3.63, 3.8) is 0 Å². The quantitative estimate of drug-likeness (QED) is 0.175. The Morgan fingerprint density at radius 3 is 1.65 bits per heavy atom. The molecule has 0 fully saturated rings. The zero-order valence-electron chi connectivity index (χ0n) is 29.4. The summed E-state index contributed by atoms with van der Waals surface area (Å²) in [6.07, 6.45) is 0. The van der Waals surface area contributed by atoms with Gasteiger partial charge in [-0.2, -0.15) is 0 Å². The van der Waals surface area contributed by atoms with Crippen LogP contribution in [0.4, 0.5) is 17.1 Å². The smallest absolute Gasteiger partial charge is 0.213 e. The minimum Gasteiger partial charge on any atom is -0.438 e. The Hall–Kier alpha value is -6.66. The molecule has 0 radical (unpaired) electrons. The molecule has 0 aliphatic rings. The van der Waals surface area contributed by atoms with Gasteiger partial charge < -0.3 is 9.32 Å². The zero-order valence-corrected chi connectivity index (χ0v) is 31.1. The van der Waals surface area contributed by atoms with Crippen LogP contribution in [-0.4, -0.2) is 4.57 Å². The number of thiophene rings is 2. The van der Waals surface area contributed by atoms with Crippen molar-refractivity contribution in [2.75, 3.05) is 4.90 Å². The van der Waals surface area contributed by atoms with E-state index >= 15 is 0 Å². The summed E-state index contributed by atoms with van der Waals surface area (Å²) < 4.78 is 14.3. The second-order valence-corrected chi connectivity index (χ2v) is 16.1. The number of nitrogens with zero attached hydrogens (tertiary/aromatic N) is 2. The lowest BCUT2D eigenvalue weighted by atomic mass is 10.0. The maximum atomic E-state index is 6.93. The molecule has 0 N–H and O–H groups in total. The van der Waals surface area contributed by atoms with Crippen LogP contribution in [0.2, 0.25) is 0 Å². The van der Waals surface area contributed by atoms with Gasteiger partial charge in [0.25, 0.3) is 0 Å². The summed E-state index contributed by atoms with van der Waals surface area (Å²) in [7, 11) is 0. The minimum atomic E-state index is 0.866. The van der Waals surface area contributed by atoms with Crippen LogP contribution in [0.3, 0.4) is 0 Å². The molecule has 0 aliphatic carbocycles. The van der Waals surface area contributed by atoms with Crippen molar-refractivity contribution in [3.05, 3.63) is 182 Å². The summed E-state index contributed by atoms with van der Waals surface area (Å²) in [6.45, 7) is 0. The van der Waals surface area contributed by atoms with Crippen LogP contribution < -0.4 is 4.90 Å². The van der Waals surface area contributed by atoms with Gasteiger partial charge in [-0.3, -0.25) is 4.57 Å². The van der Waals surface area contributed by atoms with Gasteiger partial charge in [0.2, 0.25) is 5.71 Å². The lowest BCUT2D eigenvalue weighted by Crippen LogP contribution is -2.10. The number of benzene rings is 8. The predicted octanol–water partition coefficient (Wildman–Crippen LogP) is 15.4. The lowest BCUT2D eigenvalue weighted by Gasteiger charge is -2.27. The van der Waals surface area contributed by atoms with E-state index < -0.39 is 0 Å². The fourth-order valence-electron chi connectivity index (χ4n) is 8.59. The summed E-state index contributed by atoms with van der Waals surface area (Å²) >= 11 is 3.74. The van der Waals surface area contributed by atoms with Crippen LogP contribution in [0, 0.1) is 0 Å². The standard InChI is InChI=1S/C50H30N2OS2/c1-2-13-32(14-3-1)52-41-22-7-4-17-39(41)46-40-21-10-18-34(47(40)53-50(46)52)31-27-29-33(30-28-31)51(42-23-11-19-37-35-15-5-8-25-44(35)54-48(37)42)43-24-12-20-38-36-16-6-9-26-45(36)55-49(38)43/h1-30H. The molecule has 4 aromatic heterocycles. The second kappa shape index (κ2) is 11.9. The topological polar surface area (TPSA) is 21.3 Å². The van der Waals surface area contributed by atoms with Crippen molar-refractivity contribution in [1.29, 1.82) is 0 Å². The Labute approximate surface area is 324 Å². The van der Waals surface area contributed by atoms with Crippen molar-refractivity contribution in [3.8, 4) is 16.8 Å². The van der Waals surface area contributed by atoms with Gasteiger partial charge in [0.15, 0.2) is 0 Å². The molecule has 55 heavy (non-hydrogen) atoms. The SMILES string of the molecule is c1ccc(-n2c3ccccc3c3c4cccc(-c5ccc(N(c6cccc7c6sc6ccccc67)c6cccc7c6sc6ccccc67)cc5)c4oc32)cc1. The first-order valence-electron chi connectivity index (χ1n) is 18.5. The zero-order chi connectivity index (χ0) is 36.0. The van der Waals surface area contributed by atoms with E-state index in [4.69, 9.17) is 4.42 Å². The Bertz CT molecular complexity index is 3330. The van der Waals surface area contributed by atoms with Gasteiger partial charge in [0.05, 0.1) is 31.7 Å². The molecular formula is C50H30N2OS2. The molecular weight excluding hydrogens is 709 g/mol. The van der Waals surface area contributed by atoms with Crippen LogP contribution in [0.1, 0.15) is 0 Å². The number of fused-ring (bicyclic) bond motifs is 11. The van der Waals surface area contributed by atoms with E-state index in [1.54, 1.807) is 0 Å². The van der Waals surface area contributed by atoms with Crippen molar-refractivity contribution in [2.45, 2.75) is 0 Å². The van der Waals surface area contributed by atoms with Gasteiger partial charge in [-0.1, -0.05) is 127 Å². The van der Waals surface area contributed by atoms with Gasteiger partial charge in [-0.15, -0.1) is 22.7 Å². The van der Waals surface area contributed by atoms with E-state index in [0.29, 0.717) is 0 Å². The Morgan fingerprint density at radius 2 is 0.982 bits per heavy atom. The highest BCUT2D eigenvalue weighted by molar-refractivity contribution is 7.27. The van der Waals surface area contributed by atoms with Gasteiger partial charge in [-0.25, -0.2) is 0 Å². The number of aromatic nitrogens is 1. The van der Waals surface area contributed by atoms with E-state index in [2.05, 4.69) is 191 Å². The molecule has 5 heteroatoms. The van der Waals surface area contributed by atoms with Gasteiger partial charge in [0, 0.05) is 58.7 Å². The maximum Gasteiger partial charge on any atom is 0.213 e. The highest BCUT2D eigenvalue weighted by Crippen LogP contribution is 2.49. The fraction of sp³-hybridized carbons (Fsp3) is 0. The average molecular weight is 739 g/mol. The van der Waals surface area contributed by atoms with E-state index in [1.165, 1.54) is 57.1 Å². The maximum absolute atomic E-state index is 6.93. The molecule has 3 nitrogen and oxygen atoms in total. The first-order chi connectivity index (χ1) is 27.3. The van der Waals surface area contributed by atoms with Crippen molar-refractivity contribution >= 4 is 113 Å². The van der Waals surface area contributed by atoms with Crippen LogP contribution in [0.5, 0.6) is 0 Å². The summed E-state index contributed by atoms with van der Waals surface area (Å²) in [5, 5.41) is 8.62. The normalized spacial score (nSPS) is 12.0. The van der Waals surface area contributed by atoms with Crippen molar-refractivity contribution in [1.82, 2.24) is 4.57 Å². The van der Waals surface area contributed by atoms with Crippen molar-refractivity contribution in [2.24, 2.45) is 0 Å². The van der Waals surface area contributed by atoms with E-state index in [-0.39, 0.29) is 0 Å². The number of furan rings is 1. The molecule has 8 aromatic carbocycles. The molecule has 0 saturated carbocycles. The number of anilines is 3. The highest BCUT2D eigenvalue weighted by Gasteiger charge is 2.23. The molecule has 0 atom stereocenters. The Kier molecular flexibility index (Phi) is 6.67. The van der Waals surface area contributed by atoms with E-state index in [9.17, 15) is 0 Å². The number of hydrogen-bond acceptors (Lipinski definition) is 4. The van der Waals surface area contributed by atoms with Gasteiger partial charge in [0.1, 0.15) is 5.58 Å². The molecule has 0 aliphatic heterocycles. The number of para-hydroxylation sites is 3. The molecule has 12 aromatic rings. The van der Waals surface area contributed by atoms with Crippen LogP contribution in [-0.2, 0) is 0 Å². The first kappa shape index (κ1) is 30.8. The molecule has 258 valence electrons. The van der Waals surface area contributed by atoms with Gasteiger partial charge in [-0.05, 0) is 60.2 Å². The summed E-state index contributed by atoms with van der Waals surface area (Å²) in [4.78, 5) is 2.47. The van der Waals surface area contributed by atoms with E-state index in [0.717, 1.165) is 50.1 Å². The molecule has 0 unspecified atom stereocenters. The first-order valence-corrected chi connectivity index (χ1v) is 20.1. The fourth-order valence-corrected chi connectivity index (χ4v) is 11.0. The lowest BCUT2D eigenvalue weighted by molar-refractivity contribution is 0.646. The second-order valence-electron chi connectivity index (χ2n) is 14.0. The summed E-state index contributed by atoms with van der Waals surface area (Å²) in [5.74, 6) is 0. The van der Waals surface area contributed by atoms with Crippen LogP contribution >= 0.6 is 22.7 Å². The molecule has 4 heterocycles.